The van der Waals surface area contributed by atoms with Crippen LogP contribution < -0.4 is 5.73 Å². The number of thiocarbonyl (C=S) groups is 1. The fourth-order valence-electron chi connectivity index (χ4n) is 1.36. The smallest absolute Gasteiger partial charge is 0.132 e. The molecule has 13 heavy (non-hydrogen) atoms. The number of aliphatic imine (C=N–C) groups is 1. The molecular weight excluding hydrogens is 204 g/mol. The van der Waals surface area contributed by atoms with Crippen LogP contribution in [0.5, 0.6) is 0 Å². The van der Waals surface area contributed by atoms with Gasteiger partial charge in [0, 0.05) is 17.0 Å². The van der Waals surface area contributed by atoms with Crippen LogP contribution in [0.25, 0.3) is 0 Å². The number of rotatable bonds is 0. The van der Waals surface area contributed by atoms with E-state index in [4.69, 9.17) is 29.6 Å². The number of nitrogens with zero attached hydrogens (tertiary/aromatic N) is 1. The highest BCUT2D eigenvalue weighted by Crippen LogP contribution is 2.20. The zero-order chi connectivity index (χ0) is 9.42. The van der Waals surface area contributed by atoms with Crippen molar-refractivity contribution in [2.45, 2.75) is 6.42 Å². The Morgan fingerprint density at radius 2 is 2.23 bits per heavy atom. The van der Waals surface area contributed by atoms with Crippen LogP contribution in [0.4, 0.5) is 0 Å². The second-order valence-corrected chi connectivity index (χ2v) is 3.78. The summed E-state index contributed by atoms with van der Waals surface area (Å²) in [4.78, 5) is 4.65. The van der Waals surface area contributed by atoms with Crippen LogP contribution in [0.15, 0.2) is 23.2 Å². The Kier molecular flexibility index (Phi) is 2.06. The lowest BCUT2D eigenvalue weighted by molar-refractivity contribution is 1.26. The molecule has 0 fully saturated rings. The number of nitrogens with two attached hydrogens (primary N) is 1. The zero-order valence-corrected chi connectivity index (χ0v) is 8.32. The summed E-state index contributed by atoms with van der Waals surface area (Å²) in [6.07, 6.45) is 0.659. The van der Waals surface area contributed by atoms with Gasteiger partial charge in [-0.25, -0.2) is 4.99 Å². The molecule has 1 aliphatic rings. The van der Waals surface area contributed by atoms with E-state index in [9.17, 15) is 0 Å². The van der Waals surface area contributed by atoms with Crippen LogP contribution in [-0.2, 0) is 6.42 Å². The van der Waals surface area contributed by atoms with Crippen LogP contribution in [-0.4, -0.2) is 10.8 Å². The van der Waals surface area contributed by atoms with E-state index in [-0.39, 0.29) is 0 Å². The molecule has 0 aromatic heterocycles. The number of hydrogen-bond acceptors (Lipinski definition) is 2. The van der Waals surface area contributed by atoms with E-state index in [1.165, 1.54) is 0 Å². The first-order valence-corrected chi connectivity index (χ1v) is 4.61. The molecule has 4 heteroatoms. The van der Waals surface area contributed by atoms with Crippen molar-refractivity contribution in [2.24, 2.45) is 10.7 Å². The first kappa shape index (κ1) is 8.66. The zero-order valence-electron chi connectivity index (χ0n) is 6.75. The summed E-state index contributed by atoms with van der Waals surface area (Å²) < 4.78 is 0. The molecular formula is C9H7ClN2S. The van der Waals surface area contributed by atoms with Crippen LogP contribution in [0, 0.1) is 0 Å². The van der Waals surface area contributed by atoms with Gasteiger partial charge in [-0.15, -0.1) is 0 Å². The normalized spacial score (nSPS) is 15.2. The highest BCUT2D eigenvalue weighted by Gasteiger charge is 2.14. The quantitative estimate of drug-likeness (QED) is 0.665. The Labute approximate surface area is 86.4 Å². The molecule has 0 unspecified atom stereocenters. The van der Waals surface area contributed by atoms with Gasteiger partial charge in [0.25, 0.3) is 0 Å². The fourth-order valence-corrected chi connectivity index (χ4v) is 1.80. The molecule has 0 spiro atoms. The second-order valence-electron chi connectivity index (χ2n) is 2.87. The third-order valence-electron chi connectivity index (χ3n) is 1.93. The van der Waals surface area contributed by atoms with E-state index in [0.29, 0.717) is 22.3 Å². The van der Waals surface area contributed by atoms with Crippen molar-refractivity contribution >= 4 is 34.6 Å². The van der Waals surface area contributed by atoms with Crippen LogP contribution in [0.1, 0.15) is 11.1 Å². The lowest BCUT2D eigenvalue weighted by atomic mass is 10.0. The summed E-state index contributed by atoms with van der Waals surface area (Å²) in [7, 11) is 0. The van der Waals surface area contributed by atoms with E-state index in [0.717, 1.165) is 11.1 Å². The van der Waals surface area contributed by atoms with Crippen molar-refractivity contribution in [3.63, 3.8) is 0 Å². The van der Waals surface area contributed by atoms with Crippen molar-refractivity contribution < 1.29 is 0 Å². The van der Waals surface area contributed by atoms with Crippen molar-refractivity contribution in [1.29, 1.82) is 0 Å². The topological polar surface area (TPSA) is 38.4 Å². The molecule has 0 radical (unpaired) electrons. The molecule has 1 aromatic carbocycles. The van der Waals surface area contributed by atoms with Crippen molar-refractivity contribution in [1.82, 2.24) is 0 Å². The first-order valence-electron chi connectivity index (χ1n) is 3.82. The molecule has 66 valence electrons. The molecule has 0 saturated carbocycles. The fraction of sp³-hybridized carbons (Fsp3) is 0.111. The SMILES string of the molecule is NC1=NC(=S)Cc2cc(Cl)ccc21. The summed E-state index contributed by atoms with van der Waals surface area (Å²) in [6.45, 7) is 0. The monoisotopic (exact) mass is 210 g/mol. The molecule has 0 bridgehead atoms. The van der Waals surface area contributed by atoms with Crippen molar-refractivity contribution in [2.75, 3.05) is 0 Å². The van der Waals surface area contributed by atoms with Gasteiger partial charge in [0.15, 0.2) is 0 Å². The summed E-state index contributed by atoms with van der Waals surface area (Å²) in [5.41, 5.74) is 7.71. The maximum atomic E-state index is 5.85. The summed E-state index contributed by atoms with van der Waals surface area (Å²) in [5.74, 6) is 0.489. The van der Waals surface area contributed by atoms with E-state index in [1.54, 1.807) is 6.07 Å². The van der Waals surface area contributed by atoms with Gasteiger partial charge in [0.2, 0.25) is 0 Å². The Morgan fingerprint density at radius 1 is 1.46 bits per heavy atom. The maximum Gasteiger partial charge on any atom is 0.132 e. The highest BCUT2D eigenvalue weighted by atomic mass is 35.5. The Bertz CT molecular complexity index is 412. The van der Waals surface area contributed by atoms with Gasteiger partial charge in [-0.2, -0.15) is 0 Å². The molecule has 0 aliphatic carbocycles. The number of hydrogen-bond donors (Lipinski definition) is 1. The minimum atomic E-state index is 0.489. The number of amidine groups is 1. The van der Waals surface area contributed by atoms with Crippen molar-refractivity contribution in [3.05, 3.63) is 34.3 Å². The predicted octanol–water partition coefficient (Wildman–Crippen LogP) is 1.93. The first-order chi connectivity index (χ1) is 6.16. The average Bonchev–Trinajstić information content (AvgIpc) is 2.02. The van der Waals surface area contributed by atoms with Crippen LogP contribution >= 0.6 is 23.8 Å². The molecule has 0 atom stereocenters. The lowest BCUT2D eigenvalue weighted by Crippen LogP contribution is -2.22. The molecule has 0 amide bonds. The third kappa shape index (κ3) is 1.57. The molecule has 1 heterocycles. The average molecular weight is 211 g/mol. The van der Waals surface area contributed by atoms with Crippen molar-refractivity contribution in [3.8, 4) is 0 Å². The van der Waals surface area contributed by atoms with Gasteiger partial charge in [0.1, 0.15) is 10.8 Å². The predicted molar refractivity (Wildman–Crippen MR) is 58.5 cm³/mol. The molecule has 1 aliphatic heterocycles. The molecule has 0 saturated heterocycles. The third-order valence-corrected chi connectivity index (χ3v) is 2.40. The van der Waals surface area contributed by atoms with Crippen LogP contribution in [0.2, 0.25) is 5.02 Å². The van der Waals surface area contributed by atoms with Gasteiger partial charge < -0.3 is 5.73 Å². The van der Waals surface area contributed by atoms with Gasteiger partial charge in [0.05, 0.1) is 0 Å². The van der Waals surface area contributed by atoms with E-state index < -0.39 is 0 Å². The minimum absolute atomic E-state index is 0.489. The molecule has 2 rings (SSSR count). The summed E-state index contributed by atoms with van der Waals surface area (Å²) in [6, 6.07) is 5.56. The number of fused-ring (bicyclic) bond motifs is 1. The maximum absolute atomic E-state index is 5.85. The number of benzene rings is 1. The van der Waals surface area contributed by atoms with Gasteiger partial charge in [-0.3, -0.25) is 0 Å². The van der Waals surface area contributed by atoms with E-state index in [1.807, 2.05) is 12.1 Å². The Balaban J connectivity index is 2.60. The van der Waals surface area contributed by atoms with Gasteiger partial charge in [-0.05, 0) is 23.8 Å². The Hall–Kier alpha value is -0.930. The second kappa shape index (κ2) is 3.09. The van der Waals surface area contributed by atoms with Crippen LogP contribution in [0.3, 0.4) is 0 Å². The lowest BCUT2D eigenvalue weighted by Gasteiger charge is -2.13. The van der Waals surface area contributed by atoms with E-state index in [2.05, 4.69) is 4.99 Å². The summed E-state index contributed by atoms with van der Waals surface area (Å²) >= 11 is 10.8. The van der Waals surface area contributed by atoms with E-state index >= 15 is 0 Å². The standard InChI is InChI=1S/C9H7ClN2S/c10-6-1-2-7-5(3-6)4-8(13)12-9(7)11/h1-3H,4H2,(H2,11,12,13). The molecule has 1 aromatic rings. The minimum Gasteiger partial charge on any atom is -0.383 e. The molecule has 2 N–H and O–H groups in total. The van der Waals surface area contributed by atoms with Gasteiger partial charge in [-0.1, -0.05) is 23.8 Å². The number of halogens is 1. The summed E-state index contributed by atoms with van der Waals surface area (Å²) in [5, 5.41) is 0.705. The highest BCUT2D eigenvalue weighted by molar-refractivity contribution is 7.80. The Morgan fingerprint density at radius 3 is 3.00 bits per heavy atom. The largest absolute Gasteiger partial charge is 0.383 e. The molecule has 2 nitrogen and oxygen atoms in total. The van der Waals surface area contributed by atoms with Gasteiger partial charge >= 0.3 is 0 Å².